The maximum absolute atomic E-state index is 9.81. The quantitative estimate of drug-likeness (QED) is 0.854. The Hall–Kier alpha value is -1.15. The summed E-state index contributed by atoms with van der Waals surface area (Å²) in [7, 11) is 0. The molecule has 1 rings (SSSR count). The molecule has 2 heteroatoms. The average molecular weight is 238 g/mol. The number of carbonyl (C=O) groups is 1. The summed E-state index contributed by atoms with van der Waals surface area (Å²) in [6, 6.07) is 10.3. The van der Waals surface area contributed by atoms with E-state index in [-0.39, 0.29) is 5.78 Å². The Morgan fingerprint density at radius 2 is 1.59 bits per heavy atom. The second-order valence-electron chi connectivity index (χ2n) is 4.29. The predicted molar refractivity (Wildman–Crippen MR) is 74.1 cm³/mol. The van der Waals surface area contributed by atoms with Crippen LogP contribution < -0.4 is 0 Å². The molecule has 1 N–H and O–H groups in total. The lowest BCUT2D eigenvalue weighted by Crippen LogP contribution is -1.90. The van der Waals surface area contributed by atoms with Crippen LogP contribution in [-0.4, -0.2) is 17.5 Å². The van der Waals surface area contributed by atoms with E-state index in [1.54, 1.807) is 6.92 Å². The molecule has 0 saturated heterocycles. The molecule has 0 aliphatic rings. The summed E-state index contributed by atoms with van der Waals surface area (Å²) in [5.74, 6) is 0.694. The molecule has 0 heterocycles. The van der Waals surface area contributed by atoms with Gasteiger partial charge >= 0.3 is 0 Å². The van der Waals surface area contributed by atoms with Gasteiger partial charge in [-0.2, -0.15) is 0 Å². The van der Waals surface area contributed by atoms with E-state index < -0.39 is 0 Å². The monoisotopic (exact) mass is 238 g/mol. The average Bonchev–Trinajstić information content (AvgIpc) is 2.31. The van der Waals surface area contributed by atoms with Crippen molar-refractivity contribution in [2.24, 2.45) is 5.92 Å². The summed E-state index contributed by atoms with van der Waals surface area (Å²) in [5, 5.41) is 8.14. The highest BCUT2D eigenvalue weighted by Crippen LogP contribution is 1.92. The summed E-state index contributed by atoms with van der Waals surface area (Å²) in [5.41, 5.74) is 1.32. The van der Waals surface area contributed by atoms with E-state index in [0.717, 1.165) is 0 Å². The van der Waals surface area contributed by atoms with Gasteiger partial charge in [-0.25, -0.2) is 0 Å². The number of ketones is 1. The van der Waals surface area contributed by atoms with Crippen LogP contribution in [0.25, 0.3) is 0 Å². The van der Waals surface area contributed by atoms with Crippen molar-refractivity contribution in [3.63, 3.8) is 0 Å². The van der Waals surface area contributed by atoms with Gasteiger partial charge in [-0.15, -0.1) is 0 Å². The normalized spacial score (nSPS) is 8.65. The molecule has 0 fully saturated rings. The molecule has 0 aromatic heterocycles. The Balaban J connectivity index is 0. The highest BCUT2D eigenvalue weighted by molar-refractivity contribution is 5.74. The molecule has 1 aromatic rings. The van der Waals surface area contributed by atoms with Crippen LogP contribution in [0.2, 0.25) is 0 Å². The number of hydrogen-bond donors (Lipinski definition) is 1. The number of aliphatic hydroxyl groups is 1. The Kier molecular flexibility index (Phi) is 13.8. The van der Waals surface area contributed by atoms with Crippen LogP contribution in [0.4, 0.5) is 0 Å². The van der Waals surface area contributed by atoms with Crippen LogP contribution in [0, 0.1) is 12.8 Å². The van der Waals surface area contributed by atoms with Crippen LogP contribution in [0.5, 0.6) is 0 Å². The van der Waals surface area contributed by atoms with E-state index in [0.29, 0.717) is 18.9 Å². The smallest absolute Gasteiger partial charge is 0.129 e. The standard InChI is InChI=1S/C7H8.C4H10O.C4H8O/c1-7-5-3-2-4-6-7;1-4(2)3-5;1-3-4(2)5/h2-6H,1H3;4-5H,3H2,1-2H3;3H2,1-2H3. The molecule has 0 aliphatic heterocycles. The third-order valence-corrected chi connectivity index (χ3v) is 1.80. The molecule has 0 amide bonds. The summed E-state index contributed by atoms with van der Waals surface area (Å²) < 4.78 is 0. The zero-order chi connectivity index (χ0) is 13.7. The van der Waals surface area contributed by atoms with E-state index in [9.17, 15) is 4.79 Å². The first-order valence-corrected chi connectivity index (χ1v) is 6.05. The number of aryl methyl sites for hydroxylation is 1. The van der Waals surface area contributed by atoms with Crippen molar-refractivity contribution in [2.45, 2.75) is 41.0 Å². The van der Waals surface area contributed by atoms with Gasteiger partial charge in [0, 0.05) is 13.0 Å². The Morgan fingerprint density at radius 3 is 1.71 bits per heavy atom. The molecule has 0 spiro atoms. The number of benzene rings is 1. The van der Waals surface area contributed by atoms with Crippen molar-refractivity contribution in [1.82, 2.24) is 0 Å². The maximum Gasteiger partial charge on any atom is 0.129 e. The Morgan fingerprint density at radius 1 is 1.24 bits per heavy atom. The molecule has 98 valence electrons. The second-order valence-corrected chi connectivity index (χ2v) is 4.29. The first kappa shape index (κ1) is 18.2. The predicted octanol–water partition coefficient (Wildman–Crippen LogP) is 3.62. The molecule has 0 saturated carbocycles. The SMILES string of the molecule is CC(C)CO.CCC(C)=O.Cc1ccccc1. The summed E-state index contributed by atoms with van der Waals surface area (Å²) >= 11 is 0. The fourth-order valence-electron chi connectivity index (χ4n) is 0.534. The highest BCUT2D eigenvalue weighted by Gasteiger charge is 1.81. The minimum absolute atomic E-state index is 0.255. The summed E-state index contributed by atoms with van der Waals surface area (Å²) in [4.78, 5) is 9.81. The fourth-order valence-corrected chi connectivity index (χ4v) is 0.534. The Bertz CT molecular complexity index is 266. The second kappa shape index (κ2) is 12.9. The van der Waals surface area contributed by atoms with Crippen LogP contribution in [0.3, 0.4) is 0 Å². The molecule has 0 atom stereocenters. The van der Waals surface area contributed by atoms with E-state index in [1.807, 2.05) is 39.0 Å². The summed E-state index contributed by atoms with van der Waals surface area (Å²) in [6.45, 7) is 9.77. The zero-order valence-corrected chi connectivity index (χ0v) is 11.7. The van der Waals surface area contributed by atoms with Crippen LogP contribution >= 0.6 is 0 Å². The van der Waals surface area contributed by atoms with Gasteiger partial charge in [0.25, 0.3) is 0 Å². The van der Waals surface area contributed by atoms with Gasteiger partial charge in [0.2, 0.25) is 0 Å². The van der Waals surface area contributed by atoms with Crippen LogP contribution in [0.1, 0.15) is 39.7 Å². The zero-order valence-electron chi connectivity index (χ0n) is 11.7. The molecule has 0 radical (unpaired) electrons. The lowest BCUT2D eigenvalue weighted by Gasteiger charge is -1.90. The Labute approximate surface area is 106 Å². The lowest BCUT2D eigenvalue weighted by molar-refractivity contribution is -0.116. The maximum atomic E-state index is 9.81. The van der Waals surface area contributed by atoms with Crippen LogP contribution in [0.15, 0.2) is 30.3 Å². The van der Waals surface area contributed by atoms with Gasteiger partial charge in [-0.05, 0) is 19.8 Å². The minimum atomic E-state index is 0.255. The number of hydrogen-bond acceptors (Lipinski definition) is 2. The minimum Gasteiger partial charge on any atom is -0.396 e. The first-order chi connectivity index (χ1) is 7.93. The van der Waals surface area contributed by atoms with Gasteiger partial charge in [-0.3, -0.25) is 0 Å². The molecule has 0 aliphatic carbocycles. The van der Waals surface area contributed by atoms with Crippen molar-refractivity contribution < 1.29 is 9.90 Å². The van der Waals surface area contributed by atoms with Crippen molar-refractivity contribution in [3.8, 4) is 0 Å². The van der Waals surface area contributed by atoms with E-state index in [2.05, 4.69) is 19.1 Å². The molecule has 0 unspecified atom stereocenters. The third-order valence-electron chi connectivity index (χ3n) is 1.80. The number of Topliss-reactive ketones (excluding diaryl/α,β-unsaturated/α-hetero) is 1. The van der Waals surface area contributed by atoms with Gasteiger partial charge < -0.3 is 9.90 Å². The third kappa shape index (κ3) is 20.8. The molecule has 1 aromatic carbocycles. The van der Waals surface area contributed by atoms with E-state index in [1.165, 1.54) is 5.56 Å². The van der Waals surface area contributed by atoms with Gasteiger partial charge in [0.05, 0.1) is 0 Å². The van der Waals surface area contributed by atoms with Crippen molar-refractivity contribution in [3.05, 3.63) is 35.9 Å². The van der Waals surface area contributed by atoms with Crippen molar-refractivity contribution in [1.29, 1.82) is 0 Å². The molecule has 2 nitrogen and oxygen atoms in total. The largest absolute Gasteiger partial charge is 0.396 e. The lowest BCUT2D eigenvalue weighted by atomic mass is 10.2. The van der Waals surface area contributed by atoms with Gasteiger partial charge in [0.1, 0.15) is 5.78 Å². The topological polar surface area (TPSA) is 37.3 Å². The van der Waals surface area contributed by atoms with Crippen molar-refractivity contribution >= 4 is 5.78 Å². The molecule has 17 heavy (non-hydrogen) atoms. The first-order valence-electron chi connectivity index (χ1n) is 6.05. The molecular weight excluding hydrogens is 212 g/mol. The van der Waals surface area contributed by atoms with Gasteiger partial charge in [-0.1, -0.05) is 56.7 Å². The summed E-state index contributed by atoms with van der Waals surface area (Å²) in [6.07, 6.45) is 0.667. The number of aliphatic hydroxyl groups excluding tert-OH is 1. The number of rotatable bonds is 2. The molecule has 0 bridgehead atoms. The highest BCUT2D eigenvalue weighted by atomic mass is 16.3. The van der Waals surface area contributed by atoms with Crippen LogP contribution in [-0.2, 0) is 4.79 Å². The van der Waals surface area contributed by atoms with E-state index >= 15 is 0 Å². The van der Waals surface area contributed by atoms with Gasteiger partial charge in [0.15, 0.2) is 0 Å². The van der Waals surface area contributed by atoms with E-state index in [4.69, 9.17) is 5.11 Å². The number of carbonyl (C=O) groups excluding carboxylic acids is 1. The van der Waals surface area contributed by atoms with Crippen molar-refractivity contribution in [2.75, 3.05) is 6.61 Å². The molecular formula is C15H26O2. The fraction of sp³-hybridized carbons (Fsp3) is 0.533.